The minimum absolute atomic E-state index is 0.00893. The van der Waals surface area contributed by atoms with E-state index in [1.807, 2.05) is 54.8 Å². The fourth-order valence-electron chi connectivity index (χ4n) is 3.23. The van der Waals surface area contributed by atoms with Gasteiger partial charge in [0.15, 0.2) is 0 Å². The van der Waals surface area contributed by atoms with Gasteiger partial charge in [-0.25, -0.2) is 0 Å². The van der Waals surface area contributed by atoms with E-state index in [0.717, 1.165) is 22.0 Å². The summed E-state index contributed by atoms with van der Waals surface area (Å²) in [6.45, 7) is 0. The number of hydrogen-bond donors (Lipinski definition) is 1. The Labute approximate surface area is 138 Å². The van der Waals surface area contributed by atoms with E-state index >= 15 is 0 Å². The predicted molar refractivity (Wildman–Crippen MR) is 95.5 cm³/mol. The van der Waals surface area contributed by atoms with E-state index in [9.17, 15) is 9.90 Å². The SMILES string of the molecule is CSC1C(=O)N(c2cccc3ccccc23)c2c(O)cccc21. The molecule has 4 heteroatoms. The lowest BCUT2D eigenvalue weighted by Gasteiger charge is -2.20. The van der Waals surface area contributed by atoms with Crippen molar-refractivity contribution in [2.24, 2.45) is 0 Å². The van der Waals surface area contributed by atoms with Gasteiger partial charge in [0, 0.05) is 10.9 Å². The van der Waals surface area contributed by atoms with Crippen LogP contribution in [0.4, 0.5) is 11.4 Å². The summed E-state index contributed by atoms with van der Waals surface area (Å²) < 4.78 is 0. The number of nitrogens with zero attached hydrogens (tertiary/aromatic N) is 1. The van der Waals surface area contributed by atoms with Gasteiger partial charge in [0.2, 0.25) is 5.91 Å². The van der Waals surface area contributed by atoms with Crippen molar-refractivity contribution in [2.75, 3.05) is 11.2 Å². The van der Waals surface area contributed by atoms with E-state index in [2.05, 4.69) is 0 Å². The maximum absolute atomic E-state index is 13.0. The number of phenolic OH excluding ortho intramolecular Hbond substituents is 1. The summed E-state index contributed by atoms with van der Waals surface area (Å²) in [7, 11) is 0. The number of amides is 1. The molecule has 1 heterocycles. The Hall–Kier alpha value is -2.46. The quantitative estimate of drug-likeness (QED) is 0.748. The van der Waals surface area contributed by atoms with Crippen LogP contribution in [-0.4, -0.2) is 17.3 Å². The van der Waals surface area contributed by atoms with Gasteiger partial charge in [0.1, 0.15) is 11.0 Å². The highest BCUT2D eigenvalue weighted by molar-refractivity contribution is 7.99. The number of anilines is 2. The molecular weight excluding hydrogens is 306 g/mol. The lowest BCUT2D eigenvalue weighted by molar-refractivity contribution is -0.116. The topological polar surface area (TPSA) is 40.5 Å². The van der Waals surface area contributed by atoms with Gasteiger partial charge in [-0.2, -0.15) is 0 Å². The second-order valence-electron chi connectivity index (χ2n) is 5.50. The van der Waals surface area contributed by atoms with Crippen LogP contribution in [0.25, 0.3) is 10.8 Å². The molecule has 0 saturated carbocycles. The van der Waals surface area contributed by atoms with Crippen molar-refractivity contribution in [3.8, 4) is 5.75 Å². The van der Waals surface area contributed by atoms with Crippen molar-refractivity contribution in [1.82, 2.24) is 0 Å². The molecule has 1 atom stereocenters. The van der Waals surface area contributed by atoms with Gasteiger partial charge in [-0.1, -0.05) is 48.5 Å². The lowest BCUT2D eigenvalue weighted by Crippen LogP contribution is -2.22. The van der Waals surface area contributed by atoms with Gasteiger partial charge in [0.05, 0.1) is 11.4 Å². The van der Waals surface area contributed by atoms with Crippen molar-refractivity contribution in [1.29, 1.82) is 0 Å². The molecule has 3 aromatic carbocycles. The second-order valence-corrected chi connectivity index (χ2v) is 6.45. The lowest BCUT2D eigenvalue weighted by atomic mass is 10.1. The number of benzene rings is 3. The average Bonchev–Trinajstić information content (AvgIpc) is 2.87. The molecule has 114 valence electrons. The third-order valence-corrected chi connectivity index (χ3v) is 5.17. The molecule has 0 aliphatic carbocycles. The first-order valence-corrected chi connectivity index (χ1v) is 8.67. The zero-order valence-electron chi connectivity index (χ0n) is 12.6. The van der Waals surface area contributed by atoms with Gasteiger partial charge in [-0.05, 0) is 23.8 Å². The Morgan fingerprint density at radius 2 is 1.74 bits per heavy atom. The van der Waals surface area contributed by atoms with Crippen LogP contribution in [0, 0.1) is 0 Å². The number of carbonyl (C=O) groups excluding carboxylic acids is 1. The highest BCUT2D eigenvalue weighted by Gasteiger charge is 2.40. The molecule has 0 spiro atoms. The van der Waals surface area contributed by atoms with Crippen LogP contribution in [0.15, 0.2) is 60.7 Å². The minimum Gasteiger partial charge on any atom is -0.506 e. The van der Waals surface area contributed by atoms with Gasteiger partial charge >= 0.3 is 0 Å². The molecule has 1 amide bonds. The molecule has 1 unspecified atom stereocenters. The Kier molecular flexibility index (Phi) is 3.27. The number of rotatable bonds is 2. The fraction of sp³-hybridized carbons (Fsp3) is 0.105. The number of hydrogen-bond acceptors (Lipinski definition) is 3. The van der Waals surface area contributed by atoms with Crippen LogP contribution >= 0.6 is 11.8 Å². The van der Waals surface area contributed by atoms with Gasteiger partial charge < -0.3 is 5.11 Å². The van der Waals surface area contributed by atoms with Crippen molar-refractivity contribution < 1.29 is 9.90 Å². The average molecular weight is 321 g/mol. The van der Waals surface area contributed by atoms with Gasteiger partial charge in [-0.15, -0.1) is 11.8 Å². The number of phenols is 1. The molecule has 3 nitrogen and oxygen atoms in total. The van der Waals surface area contributed by atoms with Crippen LogP contribution in [-0.2, 0) is 4.79 Å². The Bertz CT molecular complexity index is 917. The van der Waals surface area contributed by atoms with Crippen molar-refractivity contribution in [2.45, 2.75) is 5.25 Å². The van der Waals surface area contributed by atoms with Crippen LogP contribution in [0.5, 0.6) is 5.75 Å². The summed E-state index contributed by atoms with van der Waals surface area (Å²) in [5, 5.41) is 12.2. The summed E-state index contributed by atoms with van der Waals surface area (Å²) in [6, 6.07) is 19.2. The van der Waals surface area contributed by atoms with Crippen LogP contribution in [0.3, 0.4) is 0 Å². The third-order valence-electron chi connectivity index (χ3n) is 4.24. The summed E-state index contributed by atoms with van der Waals surface area (Å²) >= 11 is 1.49. The summed E-state index contributed by atoms with van der Waals surface area (Å²) in [5.74, 6) is 0.130. The van der Waals surface area contributed by atoms with E-state index in [4.69, 9.17) is 0 Å². The fourth-order valence-corrected chi connectivity index (χ4v) is 3.99. The van der Waals surface area contributed by atoms with Crippen LogP contribution < -0.4 is 4.90 Å². The number of carbonyl (C=O) groups is 1. The molecule has 1 aliphatic heterocycles. The minimum atomic E-state index is -0.281. The van der Waals surface area contributed by atoms with Crippen molar-refractivity contribution in [3.05, 3.63) is 66.2 Å². The monoisotopic (exact) mass is 321 g/mol. The maximum Gasteiger partial charge on any atom is 0.249 e. The standard InChI is InChI=1S/C19H15NO2S/c1-23-18-14-9-5-11-16(21)17(14)20(19(18)22)15-10-4-7-12-6-2-3-8-13(12)15/h2-11,18,21H,1H3. The zero-order valence-corrected chi connectivity index (χ0v) is 13.4. The van der Waals surface area contributed by atoms with E-state index in [-0.39, 0.29) is 16.9 Å². The molecule has 0 radical (unpaired) electrons. The molecule has 3 aromatic rings. The van der Waals surface area contributed by atoms with E-state index < -0.39 is 0 Å². The molecule has 0 fully saturated rings. The number of fused-ring (bicyclic) bond motifs is 2. The normalized spacial score (nSPS) is 16.8. The molecule has 0 aromatic heterocycles. The molecule has 4 rings (SSSR count). The van der Waals surface area contributed by atoms with Crippen LogP contribution in [0.2, 0.25) is 0 Å². The van der Waals surface area contributed by atoms with E-state index in [1.165, 1.54) is 11.8 Å². The molecule has 1 N–H and O–H groups in total. The summed E-state index contributed by atoms with van der Waals surface area (Å²) in [6.07, 6.45) is 1.92. The van der Waals surface area contributed by atoms with E-state index in [1.54, 1.807) is 17.0 Å². The molecule has 23 heavy (non-hydrogen) atoms. The number of aromatic hydroxyl groups is 1. The number of thioether (sulfide) groups is 1. The Morgan fingerprint density at radius 3 is 2.57 bits per heavy atom. The number of para-hydroxylation sites is 1. The summed E-state index contributed by atoms with van der Waals surface area (Å²) in [5.41, 5.74) is 2.29. The van der Waals surface area contributed by atoms with Gasteiger partial charge in [0.25, 0.3) is 0 Å². The zero-order chi connectivity index (χ0) is 16.0. The van der Waals surface area contributed by atoms with Crippen LogP contribution in [0.1, 0.15) is 10.8 Å². The largest absolute Gasteiger partial charge is 0.506 e. The first kappa shape index (κ1) is 14.2. The van der Waals surface area contributed by atoms with Crippen molar-refractivity contribution >= 4 is 39.8 Å². The highest BCUT2D eigenvalue weighted by atomic mass is 32.2. The molecular formula is C19H15NO2S. The second kappa shape index (κ2) is 5.32. The maximum atomic E-state index is 13.0. The first-order valence-electron chi connectivity index (χ1n) is 7.39. The molecule has 0 bridgehead atoms. The highest BCUT2D eigenvalue weighted by Crippen LogP contribution is 2.51. The molecule has 0 saturated heterocycles. The Balaban J connectivity index is 2.01. The first-order chi connectivity index (χ1) is 11.2. The molecule has 1 aliphatic rings. The Morgan fingerprint density at radius 1 is 1.00 bits per heavy atom. The van der Waals surface area contributed by atoms with Gasteiger partial charge in [-0.3, -0.25) is 9.69 Å². The third kappa shape index (κ3) is 2.02. The summed E-state index contributed by atoms with van der Waals surface area (Å²) in [4.78, 5) is 14.6. The smallest absolute Gasteiger partial charge is 0.249 e. The predicted octanol–water partition coefficient (Wildman–Crippen LogP) is 4.63. The van der Waals surface area contributed by atoms with E-state index in [0.29, 0.717) is 5.69 Å². The van der Waals surface area contributed by atoms with Crippen molar-refractivity contribution in [3.63, 3.8) is 0 Å².